The van der Waals surface area contributed by atoms with Gasteiger partial charge in [0.1, 0.15) is 19.8 Å². The van der Waals surface area contributed by atoms with E-state index in [2.05, 4.69) is 184 Å². The number of esters is 2. The molecule has 0 rings (SSSR count). The number of hydrogen-bond donors (Lipinski definition) is 1. The van der Waals surface area contributed by atoms with E-state index in [4.69, 9.17) is 18.5 Å². The topological polar surface area (TPSA) is 108 Å². The Balaban J connectivity index is 4.34. The number of phosphoric ester groups is 1. The molecule has 0 amide bonds. The van der Waals surface area contributed by atoms with Gasteiger partial charge < -0.3 is 18.9 Å². The lowest BCUT2D eigenvalue weighted by Gasteiger charge is -2.24. The van der Waals surface area contributed by atoms with E-state index in [-0.39, 0.29) is 26.1 Å². The summed E-state index contributed by atoms with van der Waals surface area (Å²) in [6, 6.07) is 0. The van der Waals surface area contributed by atoms with Crippen LogP contribution in [0.25, 0.3) is 0 Å². The second-order valence-corrected chi connectivity index (χ2v) is 21.0. The third kappa shape index (κ3) is 58.6. The fraction of sp³-hybridized carbons (Fsp3) is 0.545. The van der Waals surface area contributed by atoms with Crippen LogP contribution in [0.5, 0.6) is 0 Å². The minimum absolute atomic E-state index is 0.0103. The van der Waals surface area contributed by atoms with Crippen LogP contribution in [0.4, 0.5) is 0 Å². The molecule has 0 heterocycles. The molecular weight excluding hydrogens is 966 g/mol. The zero-order valence-corrected chi connectivity index (χ0v) is 49.1. The van der Waals surface area contributed by atoms with E-state index in [1.807, 2.05) is 21.1 Å². The molecule has 426 valence electrons. The van der Waals surface area contributed by atoms with Crippen molar-refractivity contribution in [2.24, 2.45) is 0 Å². The average Bonchev–Trinajstić information content (AvgIpc) is 3.38. The van der Waals surface area contributed by atoms with Crippen LogP contribution < -0.4 is 0 Å². The Bertz CT molecular complexity index is 1880. The highest BCUT2D eigenvalue weighted by Gasteiger charge is 2.27. The van der Waals surface area contributed by atoms with Crippen LogP contribution in [0.1, 0.15) is 181 Å². The molecule has 1 N–H and O–H groups in total. The second-order valence-electron chi connectivity index (χ2n) is 19.6. The highest BCUT2D eigenvalue weighted by Crippen LogP contribution is 2.43. The Labute approximate surface area is 464 Å². The van der Waals surface area contributed by atoms with Gasteiger partial charge in [-0.1, -0.05) is 210 Å². The summed E-state index contributed by atoms with van der Waals surface area (Å²) in [5.74, 6) is -0.883. The fourth-order valence-electron chi connectivity index (χ4n) is 6.86. The van der Waals surface area contributed by atoms with E-state index in [9.17, 15) is 19.0 Å². The quantitative estimate of drug-likeness (QED) is 0.0211. The largest absolute Gasteiger partial charge is 0.472 e. The summed E-state index contributed by atoms with van der Waals surface area (Å²) in [4.78, 5) is 35.7. The molecule has 0 saturated carbocycles. The first-order chi connectivity index (χ1) is 37.0. The third-order valence-electron chi connectivity index (χ3n) is 11.2. The predicted molar refractivity (Wildman–Crippen MR) is 325 cm³/mol. The van der Waals surface area contributed by atoms with Crippen LogP contribution in [-0.2, 0) is 32.7 Å². The molecule has 0 aromatic carbocycles. The zero-order valence-electron chi connectivity index (χ0n) is 48.2. The highest BCUT2D eigenvalue weighted by atomic mass is 31.2. The number of phosphoric acid groups is 1. The first kappa shape index (κ1) is 71.4. The maximum absolute atomic E-state index is 12.8. The molecule has 0 bridgehead atoms. The van der Waals surface area contributed by atoms with Gasteiger partial charge in [-0.15, -0.1) is 0 Å². The Morgan fingerprint density at radius 3 is 1.08 bits per heavy atom. The number of unbranched alkanes of at least 4 members (excludes halogenated alkanes) is 8. The maximum atomic E-state index is 12.8. The van der Waals surface area contributed by atoms with Crippen molar-refractivity contribution in [1.29, 1.82) is 0 Å². The number of quaternary nitrogens is 1. The van der Waals surface area contributed by atoms with Crippen molar-refractivity contribution in [3.05, 3.63) is 170 Å². The molecular formula is C66H105NO8P+. The first-order valence-corrected chi connectivity index (χ1v) is 30.4. The van der Waals surface area contributed by atoms with Crippen molar-refractivity contribution in [3.8, 4) is 0 Å². The smallest absolute Gasteiger partial charge is 0.462 e. The van der Waals surface area contributed by atoms with Crippen LogP contribution in [0.15, 0.2) is 170 Å². The molecule has 0 radical (unpaired) electrons. The molecule has 2 atom stereocenters. The van der Waals surface area contributed by atoms with Crippen LogP contribution in [0.3, 0.4) is 0 Å². The number of allylic oxidation sites excluding steroid dienone is 28. The van der Waals surface area contributed by atoms with E-state index in [1.54, 1.807) is 0 Å². The number of rotatable bonds is 50. The summed E-state index contributed by atoms with van der Waals surface area (Å²) in [6.07, 6.45) is 84.2. The Kier molecular flexibility index (Phi) is 51.8. The van der Waals surface area contributed by atoms with Gasteiger partial charge in [0.15, 0.2) is 6.10 Å². The molecule has 0 saturated heterocycles. The number of ether oxygens (including phenoxy) is 2. The normalized spacial score (nSPS) is 14.6. The molecule has 0 aliphatic heterocycles. The van der Waals surface area contributed by atoms with Crippen LogP contribution >= 0.6 is 7.82 Å². The molecule has 0 fully saturated rings. The van der Waals surface area contributed by atoms with Crippen molar-refractivity contribution >= 4 is 19.8 Å². The van der Waals surface area contributed by atoms with Gasteiger partial charge in [-0.05, 0) is 128 Å². The number of nitrogens with zero attached hydrogens (tertiary/aromatic N) is 1. The SMILES string of the molecule is CC/C=C\C/C=C\C/C=C\C/C=C\C/C=C\C/C=C\C/C=C\C/C=C\CCCCCCCCC(=O)OC(COC(=O)CCCC/C=C\C/C=C\C/C=C\C/C=C\C/C=C\C/C=C\CC)COP(=O)(O)OCC[N+](C)(C)C. The van der Waals surface area contributed by atoms with Crippen molar-refractivity contribution in [1.82, 2.24) is 0 Å². The summed E-state index contributed by atoms with van der Waals surface area (Å²) < 4.78 is 34.5. The zero-order chi connectivity index (χ0) is 55.6. The molecule has 76 heavy (non-hydrogen) atoms. The molecule has 9 nitrogen and oxygen atoms in total. The van der Waals surface area contributed by atoms with Crippen LogP contribution in [0.2, 0.25) is 0 Å². The molecule has 0 aliphatic rings. The van der Waals surface area contributed by atoms with E-state index in [0.717, 1.165) is 141 Å². The summed E-state index contributed by atoms with van der Waals surface area (Å²) in [7, 11) is 1.41. The highest BCUT2D eigenvalue weighted by molar-refractivity contribution is 7.47. The van der Waals surface area contributed by atoms with Gasteiger partial charge >= 0.3 is 19.8 Å². The predicted octanol–water partition coefficient (Wildman–Crippen LogP) is 18.3. The second kappa shape index (κ2) is 55.1. The lowest BCUT2D eigenvalue weighted by atomic mass is 10.1. The summed E-state index contributed by atoms with van der Waals surface area (Å²) in [5.41, 5.74) is 0. The Morgan fingerprint density at radius 2 is 0.711 bits per heavy atom. The average molecular weight is 1070 g/mol. The standard InChI is InChI=1S/C66H104NO8P/c1-6-8-10-12-14-16-18-20-22-24-26-28-29-30-31-32-33-34-35-36-37-39-41-43-45-47-49-51-53-55-57-59-66(69)75-64(63-74-76(70,71)73-61-60-67(3,4)5)62-72-65(68)58-56-54-52-50-48-46-44-42-40-38-27-25-23-21-19-17-15-13-11-9-7-2/h8-11,14-17,20-23,26-28,30-31,33-34,36-38,41-44,48,50,64H,6-7,12-13,18-19,24-25,29,32,35,39-40,45-47,49,51-63H2,1-5H3/p+1/b10-8-,11-9-,16-14-,17-15-,22-20-,23-21-,28-26-,31-30-,34-33-,37-36-,38-27-,43-41-,44-42-,50-48-. The van der Waals surface area contributed by atoms with Crippen LogP contribution in [-0.4, -0.2) is 74.9 Å². The van der Waals surface area contributed by atoms with Crippen LogP contribution in [0, 0.1) is 0 Å². The molecule has 0 aromatic heterocycles. The third-order valence-corrected chi connectivity index (χ3v) is 12.2. The summed E-state index contributed by atoms with van der Waals surface area (Å²) in [6.45, 7) is 4.10. The molecule has 0 aromatic rings. The monoisotopic (exact) mass is 1070 g/mol. The lowest BCUT2D eigenvalue weighted by Crippen LogP contribution is -2.37. The van der Waals surface area contributed by atoms with E-state index >= 15 is 0 Å². The van der Waals surface area contributed by atoms with Gasteiger partial charge in [-0.2, -0.15) is 0 Å². The minimum atomic E-state index is -4.42. The van der Waals surface area contributed by atoms with Gasteiger partial charge in [0.25, 0.3) is 0 Å². The van der Waals surface area contributed by atoms with Gasteiger partial charge in [0, 0.05) is 12.8 Å². The number of likely N-dealkylation sites (N-methyl/N-ethyl adjacent to an activating group) is 1. The maximum Gasteiger partial charge on any atom is 0.472 e. The fourth-order valence-corrected chi connectivity index (χ4v) is 7.60. The molecule has 2 unspecified atom stereocenters. The van der Waals surface area contributed by atoms with E-state index < -0.39 is 32.5 Å². The van der Waals surface area contributed by atoms with Crippen molar-refractivity contribution < 1.29 is 42.1 Å². The lowest BCUT2D eigenvalue weighted by molar-refractivity contribution is -0.870. The molecule has 0 aliphatic carbocycles. The van der Waals surface area contributed by atoms with Gasteiger partial charge in [-0.25, -0.2) is 4.57 Å². The first-order valence-electron chi connectivity index (χ1n) is 28.9. The Morgan fingerprint density at radius 1 is 0.408 bits per heavy atom. The number of carbonyl (C=O) groups excluding carboxylic acids is 2. The van der Waals surface area contributed by atoms with E-state index in [0.29, 0.717) is 23.9 Å². The molecule has 10 heteroatoms. The number of hydrogen-bond acceptors (Lipinski definition) is 7. The number of carbonyl (C=O) groups is 2. The summed E-state index contributed by atoms with van der Waals surface area (Å²) >= 11 is 0. The van der Waals surface area contributed by atoms with Crippen molar-refractivity contribution in [2.75, 3.05) is 47.5 Å². The van der Waals surface area contributed by atoms with E-state index in [1.165, 1.54) is 0 Å². The molecule has 0 spiro atoms. The van der Waals surface area contributed by atoms with Gasteiger partial charge in [-0.3, -0.25) is 18.6 Å². The van der Waals surface area contributed by atoms with Crippen molar-refractivity contribution in [3.63, 3.8) is 0 Å². The minimum Gasteiger partial charge on any atom is -0.462 e. The van der Waals surface area contributed by atoms with Crippen molar-refractivity contribution in [2.45, 2.75) is 187 Å². The van der Waals surface area contributed by atoms with Gasteiger partial charge in [0.2, 0.25) is 0 Å². The van der Waals surface area contributed by atoms with Gasteiger partial charge in [0.05, 0.1) is 27.7 Å². The summed E-state index contributed by atoms with van der Waals surface area (Å²) in [5, 5.41) is 0. The Hall–Kier alpha value is -4.63.